The van der Waals surface area contributed by atoms with E-state index in [4.69, 9.17) is 22.4 Å². The van der Waals surface area contributed by atoms with Gasteiger partial charge in [-0.05, 0) is 6.07 Å². The Labute approximate surface area is 78.9 Å². The fraction of sp³-hybridized carbons (Fsp3) is 0.125. The van der Waals surface area contributed by atoms with Crippen LogP contribution in [0.4, 0.5) is 10.1 Å². The summed E-state index contributed by atoms with van der Waals surface area (Å²) in [7, 11) is 0. The predicted octanol–water partition coefficient (Wildman–Crippen LogP) is 1.53. The maximum atomic E-state index is 12.7. The molecular weight excluding hydrogens is 197 g/mol. The van der Waals surface area contributed by atoms with Crippen LogP contribution in [0.3, 0.4) is 0 Å². The molecule has 0 fully saturated rings. The minimum atomic E-state index is -0.722. The van der Waals surface area contributed by atoms with E-state index in [1.54, 1.807) is 0 Å². The molecule has 0 unspecified atom stereocenters. The molecule has 70 valence electrons. The van der Waals surface area contributed by atoms with Crippen molar-refractivity contribution in [3.63, 3.8) is 0 Å². The zero-order chi connectivity index (χ0) is 10.0. The second-order valence-electron chi connectivity index (χ2n) is 2.44. The predicted molar refractivity (Wildman–Crippen MR) is 47.5 cm³/mol. The lowest BCUT2D eigenvalue weighted by Gasteiger charge is -2.04. The van der Waals surface area contributed by atoms with Crippen LogP contribution >= 0.6 is 11.6 Å². The number of ketones is 1. The highest BCUT2D eigenvalue weighted by atomic mass is 35.5. The van der Waals surface area contributed by atoms with E-state index < -0.39 is 17.3 Å². The van der Waals surface area contributed by atoms with Crippen molar-refractivity contribution in [3.8, 4) is 5.75 Å². The summed E-state index contributed by atoms with van der Waals surface area (Å²) in [5.74, 6) is -1.99. The van der Waals surface area contributed by atoms with Crippen molar-refractivity contribution in [2.24, 2.45) is 0 Å². The first-order valence-electron chi connectivity index (χ1n) is 3.43. The summed E-state index contributed by atoms with van der Waals surface area (Å²) in [6.45, 7) is 0. The van der Waals surface area contributed by atoms with Crippen LogP contribution in [-0.2, 0) is 0 Å². The Hall–Kier alpha value is -1.29. The number of anilines is 1. The maximum absolute atomic E-state index is 12.7. The number of phenols is 1. The molecule has 0 aliphatic heterocycles. The molecule has 0 bridgehead atoms. The minimum Gasteiger partial charge on any atom is -0.506 e. The van der Waals surface area contributed by atoms with Crippen molar-refractivity contribution >= 4 is 23.1 Å². The fourth-order valence-electron chi connectivity index (χ4n) is 0.906. The molecule has 0 amide bonds. The number of benzene rings is 1. The van der Waals surface area contributed by atoms with Gasteiger partial charge in [-0.3, -0.25) is 4.79 Å². The zero-order valence-corrected chi connectivity index (χ0v) is 7.31. The van der Waals surface area contributed by atoms with Gasteiger partial charge >= 0.3 is 0 Å². The molecule has 0 aromatic heterocycles. The van der Waals surface area contributed by atoms with E-state index in [1.807, 2.05) is 0 Å². The molecule has 0 saturated heterocycles. The molecule has 0 saturated carbocycles. The molecule has 0 atom stereocenters. The quantitative estimate of drug-likeness (QED) is 0.332. The maximum Gasteiger partial charge on any atom is 0.179 e. The zero-order valence-electron chi connectivity index (χ0n) is 6.55. The van der Waals surface area contributed by atoms with Crippen molar-refractivity contribution in [1.82, 2.24) is 0 Å². The molecule has 0 spiro atoms. The Morgan fingerprint density at radius 2 is 2.23 bits per heavy atom. The van der Waals surface area contributed by atoms with Crippen molar-refractivity contribution < 1.29 is 14.3 Å². The smallest absolute Gasteiger partial charge is 0.179 e. The Morgan fingerprint density at radius 3 is 2.77 bits per heavy atom. The third kappa shape index (κ3) is 1.89. The second kappa shape index (κ2) is 3.62. The summed E-state index contributed by atoms with van der Waals surface area (Å²) in [6.07, 6.45) is 0. The first-order chi connectivity index (χ1) is 6.06. The molecule has 0 radical (unpaired) electrons. The van der Waals surface area contributed by atoms with E-state index in [0.717, 1.165) is 12.1 Å². The van der Waals surface area contributed by atoms with E-state index in [9.17, 15) is 9.18 Å². The largest absolute Gasteiger partial charge is 0.506 e. The van der Waals surface area contributed by atoms with Crippen LogP contribution in [0.1, 0.15) is 10.4 Å². The van der Waals surface area contributed by atoms with Crippen LogP contribution in [0, 0.1) is 5.82 Å². The van der Waals surface area contributed by atoms with Gasteiger partial charge in [0.2, 0.25) is 0 Å². The first-order valence-corrected chi connectivity index (χ1v) is 3.97. The van der Waals surface area contributed by atoms with Gasteiger partial charge in [0, 0.05) is 11.6 Å². The summed E-state index contributed by atoms with van der Waals surface area (Å²) < 4.78 is 12.7. The minimum absolute atomic E-state index is 0.0903. The van der Waals surface area contributed by atoms with E-state index in [2.05, 4.69) is 0 Å². The van der Waals surface area contributed by atoms with Gasteiger partial charge in [0.25, 0.3) is 0 Å². The van der Waals surface area contributed by atoms with Gasteiger partial charge in [-0.2, -0.15) is 0 Å². The Bertz CT molecular complexity index is 354. The summed E-state index contributed by atoms with van der Waals surface area (Å²) in [4.78, 5) is 11.0. The fourth-order valence-corrected chi connectivity index (χ4v) is 1.05. The molecule has 13 heavy (non-hydrogen) atoms. The van der Waals surface area contributed by atoms with E-state index in [0.29, 0.717) is 0 Å². The molecule has 0 heterocycles. The van der Waals surface area contributed by atoms with Crippen LogP contribution in [0.15, 0.2) is 12.1 Å². The number of carbonyl (C=O) groups is 1. The monoisotopic (exact) mass is 203 g/mol. The SMILES string of the molecule is Nc1c(O)cc(F)cc1C(=O)CCl. The van der Waals surface area contributed by atoms with Gasteiger partial charge in [-0.1, -0.05) is 0 Å². The van der Waals surface area contributed by atoms with E-state index in [1.165, 1.54) is 0 Å². The van der Waals surface area contributed by atoms with Gasteiger partial charge in [-0.25, -0.2) is 4.39 Å². The van der Waals surface area contributed by atoms with Crippen LogP contribution in [0.25, 0.3) is 0 Å². The van der Waals surface area contributed by atoms with Crippen molar-refractivity contribution in [2.75, 3.05) is 11.6 Å². The lowest BCUT2D eigenvalue weighted by molar-refractivity contribution is 0.102. The Balaban J connectivity index is 3.28. The molecule has 0 aliphatic carbocycles. The molecule has 1 rings (SSSR count). The van der Waals surface area contributed by atoms with E-state index >= 15 is 0 Å². The number of nitrogens with two attached hydrogens (primary N) is 1. The lowest BCUT2D eigenvalue weighted by atomic mass is 10.1. The highest BCUT2D eigenvalue weighted by Gasteiger charge is 2.13. The average molecular weight is 204 g/mol. The number of Topliss-reactive ketones (excluding diaryl/α,β-unsaturated/α-hetero) is 1. The number of phenolic OH excluding ortho intramolecular Hbond substituents is 1. The number of aromatic hydroxyl groups is 1. The topological polar surface area (TPSA) is 63.3 Å². The number of nitrogen functional groups attached to an aromatic ring is 1. The van der Waals surface area contributed by atoms with Gasteiger partial charge < -0.3 is 10.8 Å². The summed E-state index contributed by atoms with van der Waals surface area (Å²) >= 11 is 5.25. The third-order valence-electron chi connectivity index (χ3n) is 1.54. The lowest BCUT2D eigenvalue weighted by Crippen LogP contribution is -2.05. The highest BCUT2D eigenvalue weighted by Crippen LogP contribution is 2.25. The average Bonchev–Trinajstić information content (AvgIpc) is 2.10. The van der Waals surface area contributed by atoms with Crippen LogP contribution in [0.2, 0.25) is 0 Å². The number of hydrogen-bond acceptors (Lipinski definition) is 3. The molecule has 3 N–H and O–H groups in total. The standard InChI is InChI=1S/C8H7ClFNO2/c9-3-7(13)5-1-4(10)2-6(12)8(5)11/h1-2,12H,3,11H2. The molecule has 5 heteroatoms. The number of rotatable bonds is 2. The number of hydrogen-bond donors (Lipinski definition) is 2. The van der Waals surface area contributed by atoms with E-state index in [-0.39, 0.29) is 17.1 Å². The van der Waals surface area contributed by atoms with Crippen LogP contribution in [-0.4, -0.2) is 16.8 Å². The summed E-state index contributed by atoms with van der Waals surface area (Å²) in [5, 5.41) is 9.07. The van der Waals surface area contributed by atoms with Gasteiger partial charge in [0.1, 0.15) is 11.6 Å². The molecule has 1 aromatic rings. The van der Waals surface area contributed by atoms with Gasteiger partial charge in [0.05, 0.1) is 11.6 Å². The normalized spacial score (nSPS) is 10.0. The third-order valence-corrected chi connectivity index (χ3v) is 1.79. The second-order valence-corrected chi connectivity index (χ2v) is 2.71. The molecule has 0 aliphatic rings. The van der Waals surface area contributed by atoms with Crippen molar-refractivity contribution in [1.29, 1.82) is 0 Å². The van der Waals surface area contributed by atoms with Crippen molar-refractivity contribution in [3.05, 3.63) is 23.5 Å². The molecule has 1 aromatic carbocycles. The van der Waals surface area contributed by atoms with Crippen molar-refractivity contribution in [2.45, 2.75) is 0 Å². The number of alkyl halides is 1. The first kappa shape index (κ1) is 9.80. The van der Waals surface area contributed by atoms with Crippen LogP contribution < -0.4 is 5.73 Å². The summed E-state index contributed by atoms with van der Waals surface area (Å²) in [6, 6.07) is 1.78. The molecule has 3 nitrogen and oxygen atoms in total. The number of carbonyl (C=O) groups excluding carboxylic acids is 1. The van der Waals surface area contributed by atoms with Gasteiger partial charge in [-0.15, -0.1) is 11.6 Å². The summed E-state index contributed by atoms with van der Waals surface area (Å²) in [5.41, 5.74) is 5.10. The van der Waals surface area contributed by atoms with Crippen LogP contribution in [0.5, 0.6) is 5.75 Å². The Morgan fingerprint density at radius 1 is 1.62 bits per heavy atom. The highest BCUT2D eigenvalue weighted by molar-refractivity contribution is 6.31. The molecular formula is C8H7ClFNO2. The Kier molecular flexibility index (Phi) is 2.72. The van der Waals surface area contributed by atoms with Gasteiger partial charge in [0.15, 0.2) is 5.78 Å². The number of halogens is 2.